The first-order chi connectivity index (χ1) is 8.93. The van der Waals surface area contributed by atoms with Gasteiger partial charge in [0.2, 0.25) is 0 Å². The van der Waals surface area contributed by atoms with Crippen molar-refractivity contribution in [2.75, 3.05) is 29.5 Å². The number of rotatable bonds is 3. The lowest BCUT2D eigenvalue weighted by molar-refractivity contribution is 0.568. The number of benzene rings is 1. The van der Waals surface area contributed by atoms with Gasteiger partial charge in [-0.1, -0.05) is 6.07 Å². The smallest absolute Gasteiger partial charge is 0.154 e. The fourth-order valence-corrected chi connectivity index (χ4v) is 4.67. The monoisotopic (exact) mass is 346 g/mol. The van der Waals surface area contributed by atoms with Crippen molar-refractivity contribution in [1.29, 1.82) is 0 Å². The first-order valence-corrected chi connectivity index (χ1v) is 9.00. The Labute approximate surface area is 123 Å². The number of anilines is 1. The highest BCUT2D eigenvalue weighted by atomic mass is 79.9. The minimum absolute atomic E-state index is 0.00964. The van der Waals surface area contributed by atoms with Crippen molar-refractivity contribution in [2.24, 2.45) is 5.73 Å². The van der Waals surface area contributed by atoms with E-state index in [-0.39, 0.29) is 17.5 Å². The lowest BCUT2D eigenvalue weighted by Crippen LogP contribution is -2.47. The Balaban J connectivity index is 2.23. The Morgan fingerprint density at radius 2 is 2.21 bits per heavy atom. The van der Waals surface area contributed by atoms with Gasteiger partial charge in [0.15, 0.2) is 9.84 Å². The highest BCUT2D eigenvalue weighted by Gasteiger charge is 2.29. The molecule has 0 spiro atoms. The van der Waals surface area contributed by atoms with E-state index in [9.17, 15) is 8.42 Å². The van der Waals surface area contributed by atoms with Gasteiger partial charge in [0.05, 0.1) is 17.2 Å². The van der Waals surface area contributed by atoms with E-state index >= 15 is 0 Å². The van der Waals surface area contributed by atoms with Crippen molar-refractivity contribution >= 4 is 31.5 Å². The highest BCUT2D eigenvalue weighted by molar-refractivity contribution is 9.10. The lowest BCUT2D eigenvalue weighted by Gasteiger charge is -2.35. The van der Waals surface area contributed by atoms with Gasteiger partial charge < -0.3 is 10.6 Å². The molecule has 0 aliphatic carbocycles. The summed E-state index contributed by atoms with van der Waals surface area (Å²) in [5.41, 5.74) is 7.80. The van der Waals surface area contributed by atoms with E-state index in [1.807, 2.05) is 13.0 Å². The summed E-state index contributed by atoms with van der Waals surface area (Å²) in [6.45, 7) is 3.14. The third-order valence-corrected chi connectivity index (χ3v) is 5.85. The van der Waals surface area contributed by atoms with E-state index in [2.05, 4.69) is 33.0 Å². The minimum atomic E-state index is -2.88. The molecule has 0 saturated carbocycles. The van der Waals surface area contributed by atoms with Crippen LogP contribution in [0.1, 0.15) is 12.5 Å². The Morgan fingerprint density at radius 1 is 1.47 bits per heavy atom. The predicted molar refractivity (Wildman–Crippen MR) is 82.4 cm³/mol. The van der Waals surface area contributed by atoms with Crippen molar-refractivity contribution in [3.8, 4) is 0 Å². The number of hydrogen-bond donors (Lipinski definition) is 1. The topological polar surface area (TPSA) is 63.4 Å². The molecule has 0 radical (unpaired) electrons. The van der Waals surface area contributed by atoms with E-state index in [0.29, 0.717) is 13.1 Å². The number of sulfone groups is 1. The normalized spacial score (nSPS) is 22.5. The number of hydrogen-bond acceptors (Lipinski definition) is 4. The Bertz CT molecular complexity index is 560. The van der Waals surface area contributed by atoms with E-state index in [1.54, 1.807) is 0 Å². The summed E-state index contributed by atoms with van der Waals surface area (Å²) in [6.07, 6.45) is 0.850. The second-order valence-electron chi connectivity index (χ2n) is 4.98. The average molecular weight is 347 g/mol. The zero-order valence-corrected chi connectivity index (χ0v) is 13.4. The molecule has 4 nitrogen and oxygen atoms in total. The third-order valence-electron chi connectivity index (χ3n) is 3.42. The second-order valence-corrected chi connectivity index (χ2v) is 8.06. The fraction of sp³-hybridized carbons (Fsp3) is 0.538. The Hall–Kier alpha value is -0.590. The molecule has 0 aromatic heterocycles. The highest BCUT2D eigenvalue weighted by Crippen LogP contribution is 2.30. The summed E-state index contributed by atoms with van der Waals surface area (Å²) in [6, 6.07) is 6.18. The molecular formula is C13H19BrN2O2S. The van der Waals surface area contributed by atoms with Crippen molar-refractivity contribution in [2.45, 2.75) is 19.4 Å². The summed E-state index contributed by atoms with van der Waals surface area (Å²) >= 11 is 3.58. The number of nitrogens with zero attached hydrogens (tertiary/aromatic N) is 1. The van der Waals surface area contributed by atoms with Gasteiger partial charge in [0, 0.05) is 17.1 Å². The van der Waals surface area contributed by atoms with Crippen molar-refractivity contribution in [1.82, 2.24) is 0 Å². The van der Waals surface area contributed by atoms with Crippen LogP contribution in [-0.4, -0.2) is 39.1 Å². The van der Waals surface area contributed by atoms with Crippen molar-refractivity contribution < 1.29 is 8.42 Å². The first kappa shape index (κ1) is 14.8. The zero-order valence-electron chi connectivity index (χ0n) is 11.0. The van der Waals surface area contributed by atoms with Crippen LogP contribution in [0.25, 0.3) is 0 Å². The van der Waals surface area contributed by atoms with Crippen LogP contribution < -0.4 is 10.6 Å². The lowest BCUT2D eigenvalue weighted by atomic mass is 10.1. The molecule has 1 aliphatic heterocycles. The predicted octanol–water partition coefficient (Wildman–Crippen LogP) is 1.57. The van der Waals surface area contributed by atoms with Gasteiger partial charge in [-0.15, -0.1) is 0 Å². The Kier molecular flexibility index (Phi) is 4.53. The minimum Gasteiger partial charge on any atom is -0.366 e. The summed E-state index contributed by atoms with van der Waals surface area (Å²) in [5, 5.41) is 0. The SMILES string of the molecule is CC1CS(=O)(=O)CCN1c1ccc(CCN)cc1Br. The van der Waals surface area contributed by atoms with E-state index in [4.69, 9.17) is 5.73 Å². The maximum Gasteiger partial charge on any atom is 0.154 e. The van der Waals surface area contributed by atoms with Crippen LogP contribution in [0.15, 0.2) is 22.7 Å². The van der Waals surface area contributed by atoms with Crippen LogP contribution in [0.5, 0.6) is 0 Å². The van der Waals surface area contributed by atoms with Gasteiger partial charge in [0.25, 0.3) is 0 Å². The summed E-state index contributed by atoms with van der Waals surface area (Å²) in [4.78, 5) is 2.15. The van der Waals surface area contributed by atoms with Crippen LogP contribution >= 0.6 is 15.9 Å². The van der Waals surface area contributed by atoms with Gasteiger partial charge in [-0.25, -0.2) is 8.42 Å². The molecule has 6 heteroatoms. The van der Waals surface area contributed by atoms with E-state index < -0.39 is 9.84 Å². The van der Waals surface area contributed by atoms with E-state index in [0.717, 1.165) is 16.6 Å². The quantitative estimate of drug-likeness (QED) is 0.902. The maximum atomic E-state index is 11.6. The van der Waals surface area contributed by atoms with Crippen LogP contribution in [0.4, 0.5) is 5.69 Å². The first-order valence-electron chi connectivity index (χ1n) is 6.38. The van der Waals surface area contributed by atoms with Crippen LogP contribution in [0.3, 0.4) is 0 Å². The Morgan fingerprint density at radius 3 is 2.79 bits per heavy atom. The molecule has 1 fully saturated rings. The van der Waals surface area contributed by atoms with Gasteiger partial charge in [-0.05, 0) is 53.5 Å². The average Bonchev–Trinajstić information content (AvgIpc) is 2.30. The van der Waals surface area contributed by atoms with Gasteiger partial charge >= 0.3 is 0 Å². The van der Waals surface area contributed by atoms with Crippen molar-refractivity contribution in [3.05, 3.63) is 28.2 Å². The summed E-state index contributed by atoms with van der Waals surface area (Å²) in [7, 11) is -2.88. The third kappa shape index (κ3) is 3.49. The van der Waals surface area contributed by atoms with Gasteiger partial charge in [0.1, 0.15) is 0 Å². The zero-order chi connectivity index (χ0) is 14.0. The van der Waals surface area contributed by atoms with Gasteiger partial charge in [-0.3, -0.25) is 0 Å². The molecule has 2 rings (SSSR count). The number of nitrogens with two attached hydrogens (primary N) is 1. The largest absolute Gasteiger partial charge is 0.366 e. The summed E-state index contributed by atoms with van der Waals surface area (Å²) in [5.74, 6) is 0.457. The van der Waals surface area contributed by atoms with Crippen molar-refractivity contribution in [3.63, 3.8) is 0 Å². The molecule has 1 atom stereocenters. The van der Waals surface area contributed by atoms with E-state index in [1.165, 1.54) is 5.56 Å². The molecule has 1 aromatic carbocycles. The molecule has 1 aliphatic rings. The molecule has 1 heterocycles. The number of halogens is 1. The van der Waals surface area contributed by atoms with Gasteiger partial charge in [-0.2, -0.15) is 0 Å². The molecule has 2 N–H and O–H groups in total. The molecular weight excluding hydrogens is 328 g/mol. The molecule has 1 saturated heterocycles. The molecule has 0 amide bonds. The van der Waals surface area contributed by atoms with Crippen LogP contribution in [-0.2, 0) is 16.3 Å². The maximum absolute atomic E-state index is 11.6. The molecule has 1 aromatic rings. The molecule has 19 heavy (non-hydrogen) atoms. The summed E-state index contributed by atoms with van der Waals surface area (Å²) < 4.78 is 24.2. The fourth-order valence-electron chi connectivity index (χ4n) is 2.46. The molecule has 0 bridgehead atoms. The molecule has 1 unspecified atom stereocenters. The van der Waals surface area contributed by atoms with Crippen LogP contribution in [0.2, 0.25) is 0 Å². The standard InChI is InChI=1S/C13H19BrN2O2S/c1-10-9-19(17,18)7-6-16(10)13-3-2-11(4-5-15)8-12(13)14/h2-3,8,10H,4-7,9,15H2,1H3. The molecule has 106 valence electrons. The van der Waals surface area contributed by atoms with Crippen LogP contribution in [0, 0.1) is 0 Å². The second kappa shape index (κ2) is 5.81.